The van der Waals surface area contributed by atoms with Gasteiger partial charge in [0.25, 0.3) is 11.8 Å². The fourth-order valence-electron chi connectivity index (χ4n) is 2.04. The van der Waals surface area contributed by atoms with Gasteiger partial charge in [-0.3, -0.25) is 9.59 Å². The monoisotopic (exact) mass is 381 g/mol. The molecule has 140 valence electrons. The number of halogens is 2. The van der Waals surface area contributed by atoms with E-state index in [2.05, 4.69) is 20.6 Å². The maximum absolute atomic E-state index is 12.9. The minimum Gasteiger partial charge on any atom is -0.351 e. The largest absolute Gasteiger partial charge is 0.351 e. The second kappa shape index (κ2) is 10.4. The zero-order chi connectivity index (χ0) is 18.2. The van der Waals surface area contributed by atoms with E-state index in [4.69, 9.17) is 5.73 Å². The van der Waals surface area contributed by atoms with Crippen LogP contribution in [0.25, 0.3) is 0 Å². The molecule has 1 aromatic heterocycles. The van der Waals surface area contributed by atoms with Gasteiger partial charge in [-0.25, -0.2) is 14.4 Å². The lowest BCUT2D eigenvalue weighted by molar-refractivity contribution is 0.0909. The summed E-state index contributed by atoms with van der Waals surface area (Å²) in [7, 11) is 0. The molecule has 0 saturated heterocycles. The van der Waals surface area contributed by atoms with Crippen LogP contribution in [0.15, 0.2) is 36.7 Å². The van der Waals surface area contributed by atoms with Gasteiger partial charge in [0.15, 0.2) is 11.4 Å². The first kappa shape index (κ1) is 21.5. The summed E-state index contributed by atoms with van der Waals surface area (Å²) in [6.45, 7) is 2.40. The number of carbonyl (C=O) groups excluding carboxylic acids is 2. The van der Waals surface area contributed by atoms with Gasteiger partial charge in [0, 0.05) is 31.5 Å². The van der Waals surface area contributed by atoms with Crippen molar-refractivity contribution in [1.82, 2.24) is 20.6 Å². The van der Waals surface area contributed by atoms with E-state index in [0.717, 1.165) is 5.56 Å². The summed E-state index contributed by atoms with van der Waals surface area (Å²) in [6, 6.07) is 5.70. The van der Waals surface area contributed by atoms with Gasteiger partial charge >= 0.3 is 0 Å². The molecule has 0 aliphatic carbocycles. The van der Waals surface area contributed by atoms with Crippen molar-refractivity contribution in [3.8, 4) is 0 Å². The molecular weight excluding hydrogens is 361 g/mol. The van der Waals surface area contributed by atoms with E-state index in [1.54, 1.807) is 12.1 Å². The number of rotatable bonds is 7. The lowest BCUT2D eigenvalue weighted by Gasteiger charge is -2.10. The third-order valence-corrected chi connectivity index (χ3v) is 3.38. The van der Waals surface area contributed by atoms with E-state index < -0.39 is 11.8 Å². The Bertz CT molecular complexity index is 740. The predicted molar refractivity (Wildman–Crippen MR) is 97.4 cm³/mol. The van der Waals surface area contributed by atoms with Gasteiger partial charge in [-0.1, -0.05) is 12.1 Å². The molecule has 0 bridgehead atoms. The number of hydrogen-bond donors (Lipinski definition) is 3. The van der Waals surface area contributed by atoms with E-state index in [1.165, 1.54) is 24.5 Å². The van der Waals surface area contributed by atoms with Gasteiger partial charge in [-0.2, -0.15) is 0 Å². The lowest BCUT2D eigenvalue weighted by atomic mass is 10.2. The molecule has 26 heavy (non-hydrogen) atoms. The zero-order valence-corrected chi connectivity index (χ0v) is 15.1. The van der Waals surface area contributed by atoms with Gasteiger partial charge in [0.2, 0.25) is 0 Å². The molecule has 0 aliphatic rings. The van der Waals surface area contributed by atoms with Crippen molar-refractivity contribution < 1.29 is 14.0 Å². The first-order chi connectivity index (χ1) is 12.0. The molecule has 4 N–H and O–H groups in total. The molecule has 0 fully saturated rings. The summed E-state index contributed by atoms with van der Waals surface area (Å²) in [5, 5.41) is 5.30. The number of nitrogens with zero attached hydrogens (tertiary/aromatic N) is 2. The Morgan fingerprint density at radius 2 is 1.62 bits per heavy atom. The summed E-state index contributed by atoms with van der Waals surface area (Å²) >= 11 is 0. The van der Waals surface area contributed by atoms with E-state index >= 15 is 0 Å². The predicted octanol–water partition coefficient (Wildman–Crippen LogP) is 1.43. The lowest BCUT2D eigenvalue weighted by Crippen LogP contribution is -2.33. The Morgan fingerprint density at radius 1 is 1.08 bits per heavy atom. The normalized spacial score (nSPS) is 11.2. The summed E-state index contributed by atoms with van der Waals surface area (Å²) in [5.74, 6) is -1.37. The quantitative estimate of drug-likeness (QED) is 0.672. The SMILES string of the molecule is CC(N)CCNC(=O)c1nccnc1C(=O)NCc1ccc(F)cc1.Cl. The number of aromatic nitrogens is 2. The van der Waals surface area contributed by atoms with Gasteiger partial charge in [-0.05, 0) is 31.0 Å². The van der Waals surface area contributed by atoms with E-state index in [0.29, 0.717) is 13.0 Å². The fraction of sp³-hybridized carbons (Fsp3) is 0.294. The van der Waals surface area contributed by atoms with Crippen molar-refractivity contribution in [2.75, 3.05) is 6.54 Å². The second-order valence-corrected chi connectivity index (χ2v) is 5.58. The highest BCUT2D eigenvalue weighted by Gasteiger charge is 2.19. The van der Waals surface area contributed by atoms with Crippen molar-refractivity contribution >= 4 is 24.2 Å². The number of amides is 2. The van der Waals surface area contributed by atoms with Gasteiger partial charge < -0.3 is 16.4 Å². The Kier molecular flexibility index (Phi) is 8.60. The fourth-order valence-corrected chi connectivity index (χ4v) is 2.04. The Labute approximate surface area is 157 Å². The number of nitrogens with two attached hydrogens (primary N) is 1. The van der Waals surface area contributed by atoms with Crippen LogP contribution in [0, 0.1) is 5.82 Å². The zero-order valence-electron chi connectivity index (χ0n) is 14.2. The third kappa shape index (κ3) is 6.38. The van der Waals surface area contributed by atoms with Crippen LogP contribution >= 0.6 is 12.4 Å². The highest BCUT2D eigenvalue weighted by atomic mass is 35.5. The molecular formula is C17H21ClFN5O2. The van der Waals surface area contributed by atoms with Crippen LogP contribution < -0.4 is 16.4 Å². The standard InChI is InChI=1S/C17H20FN5O2.ClH/c1-11(19)6-7-22-16(24)14-15(21-9-8-20-14)17(25)23-10-12-2-4-13(18)5-3-12;/h2-5,8-9,11H,6-7,10,19H2,1H3,(H,22,24)(H,23,25);1H. The Hall–Kier alpha value is -2.58. The van der Waals surface area contributed by atoms with Crippen LogP contribution in [0.5, 0.6) is 0 Å². The van der Waals surface area contributed by atoms with Crippen LogP contribution in [0.1, 0.15) is 39.9 Å². The van der Waals surface area contributed by atoms with Gasteiger partial charge in [0.1, 0.15) is 5.82 Å². The molecule has 1 atom stereocenters. The second-order valence-electron chi connectivity index (χ2n) is 5.58. The molecule has 1 unspecified atom stereocenters. The highest BCUT2D eigenvalue weighted by Crippen LogP contribution is 2.05. The summed E-state index contributed by atoms with van der Waals surface area (Å²) in [6.07, 6.45) is 3.29. The van der Waals surface area contributed by atoms with Gasteiger partial charge in [0.05, 0.1) is 0 Å². The van der Waals surface area contributed by atoms with Crippen LogP contribution in [0.4, 0.5) is 4.39 Å². The maximum Gasteiger partial charge on any atom is 0.272 e. The number of nitrogens with one attached hydrogen (secondary N) is 2. The number of carbonyl (C=O) groups is 2. The molecule has 2 aromatic rings. The van der Waals surface area contributed by atoms with Crippen molar-refractivity contribution in [3.63, 3.8) is 0 Å². The highest BCUT2D eigenvalue weighted by molar-refractivity contribution is 6.04. The average Bonchev–Trinajstić information content (AvgIpc) is 2.60. The summed E-state index contributed by atoms with van der Waals surface area (Å²) in [5.41, 5.74) is 6.24. The molecule has 2 amide bonds. The van der Waals surface area contributed by atoms with Crippen LogP contribution in [0.3, 0.4) is 0 Å². The molecule has 0 aliphatic heterocycles. The molecule has 0 spiro atoms. The van der Waals surface area contributed by atoms with Crippen LogP contribution in [-0.4, -0.2) is 34.4 Å². The molecule has 2 rings (SSSR count). The topological polar surface area (TPSA) is 110 Å². The summed E-state index contributed by atoms with van der Waals surface area (Å²) < 4.78 is 12.9. The minimum atomic E-state index is -0.533. The Morgan fingerprint density at radius 3 is 2.15 bits per heavy atom. The molecule has 9 heteroatoms. The first-order valence-corrected chi connectivity index (χ1v) is 7.85. The molecule has 1 aromatic carbocycles. The van der Waals surface area contributed by atoms with Crippen LogP contribution in [-0.2, 0) is 6.54 Å². The minimum absolute atomic E-state index is 0. The van der Waals surface area contributed by atoms with Crippen molar-refractivity contribution in [2.24, 2.45) is 5.73 Å². The molecule has 7 nitrogen and oxygen atoms in total. The van der Waals surface area contributed by atoms with Crippen molar-refractivity contribution in [1.29, 1.82) is 0 Å². The first-order valence-electron chi connectivity index (χ1n) is 7.85. The van der Waals surface area contributed by atoms with E-state index in [1.807, 2.05) is 6.92 Å². The van der Waals surface area contributed by atoms with E-state index in [9.17, 15) is 14.0 Å². The molecule has 0 saturated carbocycles. The number of hydrogen-bond acceptors (Lipinski definition) is 5. The maximum atomic E-state index is 12.9. The smallest absolute Gasteiger partial charge is 0.272 e. The summed E-state index contributed by atoms with van der Waals surface area (Å²) in [4.78, 5) is 32.4. The molecule has 1 heterocycles. The Balaban J connectivity index is 0.00000338. The van der Waals surface area contributed by atoms with Gasteiger partial charge in [-0.15, -0.1) is 12.4 Å². The van der Waals surface area contributed by atoms with Crippen molar-refractivity contribution in [3.05, 3.63) is 59.4 Å². The average molecular weight is 382 g/mol. The van der Waals surface area contributed by atoms with Crippen molar-refractivity contribution in [2.45, 2.75) is 25.9 Å². The van der Waals surface area contributed by atoms with E-state index in [-0.39, 0.29) is 42.2 Å². The van der Waals surface area contributed by atoms with Crippen LogP contribution in [0.2, 0.25) is 0 Å². The molecule has 0 radical (unpaired) electrons. The number of benzene rings is 1. The third-order valence-electron chi connectivity index (χ3n) is 3.38.